The zero-order valence-electron chi connectivity index (χ0n) is 9.51. The van der Waals surface area contributed by atoms with E-state index in [4.69, 9.17) is 0 Å². The van der Waals surface area contributed by atoms with Crippen LogP contribution in [0, 0.1) is 6.92 Å². The highest BCUT2D eigenvalue weighted by Gasteiger charge is 1.98. The second kappa shape index (κ2) is 4.74. The smallest absolute Gasteiger partial charge is 0.222 e. The molecule has 0 aliphatic rings. The summed E-state index contributed by atoms with van der Waals surface area (Å²) in [7, 11) is 1.92. The van der Waals surface area contributed by atoms with Gasteiger partial charge in [-0.1, -0.05) is 0 Å². The Balaban J connectivity index is 1.84. The fourth-order valence-corrected chi connectivity index (χ4v) is 1.45. The van der Waals surface area contributed by atoms with Crippen LogP contribution in [0.1, 0.15) is 11.3 Å². The maximum Gasteiger partial charge on any atom is 0.222 e. The molecule has 1 N–H and O–H groups in total. The van der Waals surface area contributed by atoms with Gasteiger partial charge in [-0.2, -0.15) is 5.10 Å². The number of anilines is 1. The van der Waals surface area contributed by atoms with Gasteiger partial charge < -0.3 is 5.32 Å². The summed E-state index contributed by atoms with van der Waals surface area (Å²) in [6.45, 7) is 2.77. The van der Waals surface area contributed by atoms with Crippen molar-refractivity contribution in [2.75, 3.05) is 11.9 Å². The molecule has 2 aromatic heterocycles. The first-order valence-electron chi connectivity index (χ1n) is 5.25. The number of nitrogens with zero attached hydrogens (tertiary/aromatic N) is 4. The van der Waals surface area contributed by atoms with Crippen LogP contribution in [0.25, 0.3) is 0 Å². The molecule has 0 bridgehead atoms. The minimum Gasteiger partial charge on any atom is -0.354 e. The zero-order valence-corrected chi connectivity index (χ0v) is 9.51. The Bertz CT molecular complexity index is 463. The van der Waals surface area contributed by atoms with E-state index in [-0.39, 0.29) is 0 Å². The number of hydrogen-bond acceptors (Lipinski definition) is 4. The van der Waals surface area contributed by atoms with Gasteiger partial charge in [-0.15, -0.1) is 0 Å². The lowest BCUT2D eigenvalue weighted by molar-refractivity contribution is 0.766. The van der Waals surface area contributed by atoms with Gasteiger partial charge in [-0.05, 0) is 25.0 Å². The van der Waals surface area contributed by atoms with Crippen molar-refractivity contribution < 1.29 is 0 Å². The van der Waals surface area contributed by atoms with E-state index in [0.717, 1.165) is 18.7 Å². The normalized spacial score (nSPS) is 10.4. The molecule has 84 valence electrons. The van der Waals surface area contributed by atoms with Crippen LogP contribution in [-0.4, -0.2) is 26.3 Å². The molecule has 0 atom stereocenters. The van der Waals surface area contributed by atoms with Crippen LogP contribution < -0.4 is 5.32 Å². The summed E-state index contributed by atoms with van der Waals surface area (Å²) in [6.07, 6.45) is 6.57. The van der Waals surface area contributed by atoms with Crippen LogP contribution in [0.4, 0.5) is 5.95 Å². The van der Waals surface area contributed by atoms with E-state index in [1.807, 2.05) is 32.4 Å². The van der Waals surface area contributed by atoms with E-state index < -0.39 is 0 Å². The predicted octanol–water partition coefficient (Wildman–Crippen LogP) is 1.17. The fourth-order valence-electron chi connectivity index (χ4n) is 1.45. The molecule has 0 fully saturated rings. The molecule has 0 radical (unpaired) electrons. The maximum absolute atomic E-state index is 4.27. The summed E-state index contributed by atoms with van der Waals surface area (Å²) < 4.78 is 1.80. The van der Waals surface area contributed by atoms with E-state index in [1.165, 1.54) is 5.56 Å². The van der Waals surface area contributed by atoms with Gasteiger partial charge in [0.05, 0.1) is 6.20 Å². The van der Waals surface area contributed by atoms with Gasteiger partial charge in [0.1, 0.15) is 0 Å². The molecule has 0 aromatic carbocycles. The topological polar surface area (TPSA) is 55.6 Å². The highest BCUT2D eigenvalue weighted by Crippen LogP contribution is 2.01. The molecule has 2 heterocycles. The first kappa shape index (κ1) is 10.6. The minimum absolute atomic E-state index is 0.684. The Morgan fingerprint density at radius 3 is 3.00 bits per heavy atom. The van der Waals surface area contributed by atoms with E-state index in [1.54, 1.807) is 10.9 Å². The molecule has 2 aromatic rings. The molecular weight excluding hydrogens is 202 g/mol. The SMILES string of the molecule is Cc1ccnc(NCCc2cnn(C)c2)n1. The third-order valence-corrected chi connectivity index (χ3v) is 2.25. The van der Waals surface area contributed by atoms with Crippen LogP contribution in [0.3, 0.4) is 0 Å². The Kier molecular flexibility index (Phi) is 3.14. The van der Waals surface area contributed by atoms with Gasteiger partial charge in [0.25, 0.3) is 0 Å². The third kappa shape index (κ3) is 2.79. The molecule has 0 saturated carbocycles. The molecular formula is C11H15N5. The largest absolute Gasteiger partial charge is 0.354 e. The summed E-state index contributed by atoms with van der Waals surface area (Å²) in [6, 6.07) is 1.88. The predicted molar refractivity (Wildman–Crippen MR) is 62.2 cm³/mol. The van der Waals surface area contributed by atoms with E-state index >= 15 is 0 Å². The number of hydrogen-bond donors (Lipinski definition) is 1. The van der Waals surface area contributed by atoms with Crippen LogP contribution >= 0.6 is 0 Å². The standard InChI is InChI=1S/C11H15N5/c1-9-3-5-12-11(15-9)13-6-4-10-7-14-16(2)8-10/h3,5,7-8H,4,6H2,1-2H3,(H,12,13,15). The number of nitrogens with one attached hydrogen (secondary N) is 1. The second-order valence-corrected chi connectivity index (χ2v) is 3.72. The lowest BCUT2D eigenvalue weighted by Crippen LogP contribution is -2.07. The average molecular weight is 217 g/mol. The Morgan fingerprint density at radius 2 is 2.31 bits per heavy atom. The molecule has 0 amide bonds. The summed E-state index contributed by atoms with van der Waals surface area (Å²) >= 11 is 0. The van der Waals surface area contributed by atoms with Gasteiger partial charge in [-0.25, -0.2) is 9.97 Å². The highest BCUT2D eigenvalue weighted by atomic mass is 15.2. The lowest BCUT2D eigenvalue weighted by atomic mass is 10.2. The molecule has 0 aliphatic carbocycles. The third-order valence-electron chi connectivity index (χ3n) is 2.25. The van der Waals surface area contributed by atoms with E-state index in [9.17, 15) is 0 Å². The highest BCUT2D eigenvalue weighted by molar-refractivity contribution is 5.25. The quantitative estimate of drug-likeness (QED) is 0.835. The van der Waals surface area contributed by atoms with Crippen molar-refractivity contribution in [3.05, 3.63) is 35.9 Å². The van der Waals surface area contributed by atoms with Gasteiger partial charge >= 0.3 is 0 Å². The number of aromatic nitrogens is 4. The summed E-state index contributed by atoms with van der Waals surface area (Å²) in [4.78, 5) is 8.40. The molecule has 5 heteroatoms. The summed E-state index contributed by atoms with van der Waals surface area (Å²) in [5.74, 6) is 0.684. The van der Waals surface area contributed by atoms with Crippen molar-refractivity contribution in [1.29, 1.82) is 0 Å². The maximum atomic E-state index is 4.27. The molecule has 0 unspecified atom stereocenters. The van der Waals surface area contributed by atoms with Crippen molar-refractivity contribution in [3.8, 4) is 0 Å². The second-order valence-electron chi connectivity index (χ2n) is 3.72. The molecule has 16 heavy (non-hydrogen) atoms. The Hall–Kier alpha value is -1.91. The van der Waals surface area contributed by atoms with Crippen LogP contribution in [0.15, 0.2) is 24.7 Å². The Morgan fingerprint density at radius 1 is 1.44 bits per heavy atom. The first-order valence-corrected chi connectivity index (χ1v) is 5.25. The molecule has 0 spiro atoms. The fraction of sp³-hybridized carbons (Fsp3) is 0.364. The minimum atomic E-state index is 0.684. The summed E-state index contributed by atoms with van der Waals surface area (Å²) in [5, 5.41) is 7.30. The monoisotopic (exact) mass is 217 g/mol. The van der Waals surface area contributed by atoms with Crippen LogP contribution in [0.2, 0.25) is 0 Å². The van der Waals surface area contributed by atoms with Gasteiger partial charge in [0, 0.05) is 31.7 Å². The average Bonchev–Trinajstić information content (AvgIpc) is 2.64. The van der Waals surface area contributed by atoms with Gasteiger partial charge in [0.15, 0.2) is 0 Å². The van der Waals surface area contributed by atoms with Crippen molar-refractivity contribution in [3.63, 3.8) is 0 Å². The molecule has 0 aliphatic heterocycles. The van der Waals surface area contributed by atoms with Gasteiger partial charge in [-0.3, -0.25) is 4.68 Å². The number of rotatable bonds is 4. The van der Waals surface area contributed by atoms with Crippen LogP contribution in [0.5, 0.6) is 0 Å². The Labute approximate surface area is 94.5 Å². The molecule has 5 nitrogen and oxygen atoms in total. The van der Waals surface area contributed by atoms with E-state index in [0.29, 0.717) is 5.95 Å². The number of aryl methyl sites for hydroxylation is 2. The first-order chi connectivity index (χ1) is 7.74. The van der Waals surface area contributed by atoms with Crippen LogP contribution in [-0.2, 0) is 13.5 Å². The van der Waals surface area contributed by atoms with Crippen molar-refractivity contribution in [1.82, 2.24) is 19.7 Å². The zero-order chi connectivity index (χ0) is 11.4. The van der Waals surface area contributed by atoms with E-state index in [2.05, 4.69) is 20.4 Å². The van der Waals surface area contributed by atoms with Crippen molar-refractivity contribution in [2.24, 2.45) is 7.05 Å². The lowest BCUT2D eigenvalue weighted by Gasteiger charge is -2.03. The molecule has 2 rings (SSSR count). The molecule has 0 saturated heterocycles. The van der Waals surface area contributed by atoms with Crippen molar-refractivity contribution >= 4 is 5.95 Å². The van der Waals surface area contributed by atoms with Crippen molar-refractivity contribution in [2.45, 2.75) is 13.3 Å². The summed E-state index contributed by atoms with van der Waals surface area (Å²) in [5.41, 5.74) is 2.18. The van der Waals surface area contributed by atoms with Gasteiger partial charge in [0.2, 0.25) is 5.95 Å².